The lowest BCUT2D eigenvalue weighted by Crippen LogP contribution is -1.89. The van der Waals surface area contributed by atoms with Gasteiger partial charge < -0.3 is 0 Å². The molecule has 2 aromatic rings. The van der Waals surface area contributed by atoms with Gasteiger partial charge in [-0.1, -0.05) is 23.7 Å². The minimum absolute atomic E-state index is 0.0390. The number of thiophene rings is 1. The largest absolute Gasteiger partial charge is 0.270 e. The first-order valence-corrected chi connectivity index (χ1v) is 6.41. The Morgan fingerprint density at radius 3 is 2.79 bits per heavy atom. The predicted octanol–water partition coefficient (Wildman–Crippen LogP) is 4.37. The molecule has 0 saturated heterocycles. The van der Waals surface area contributed by atoms with Crippen molar-refractivity contribution >= 4 is 40.3 Å². The Bertz CT molecular complexity index is 701. The lowest BCUT2D eigenvalue weighted by atomic mass is 10.1. The van der Waals surface area contributed by atoms with Crippen LogP contribution in [0.4, 0.5) is 5.69 Å². The van der Waals surface area contributed by atoms with E-state index in [0.29, 0.717) is 15.5 Å². The first-order valence-electron chi connectivity index (χ1n) is 5.22. The van der Waals surface area contributed by atoms with Gasteiger partial charge in [-0.05, 0) is 23.8 Å². The van der Waals surface area contributed by atoms with E-state index in [1.807, 2.05) is 6.07 Å². The summed E-state index contributed by atoms with van der Waals surface area (Å²) in [5.74, 6) is 0. The zero-order valence-corrected chi connectivity index (χ0v) is 11.1. The minimum atomic E-state index is -0.486. The van der Waals surface area contributed by atoms with Gasteiger partial charge in [0.1, 0.15) is 0 Å². The Hall–Kier alpha value is -2.16. The van der Waals surface area contributed by atoms with E-state index in [9.17, 15) is 10.1 Å². The minimum Gasteiger partial charge on any atom is -0.258 e. The average Bonchev–Trinajstić information content (AvgIpc) is 2.81. The molecular weight excluding hydrogens is 284 g/mol. The van der Waals surface area contributed by atoms with Crippen LogP contribution in [-0.4, -0.2) is 4.92 Å². The predicted molar refractivity (Wildman–Crippen MR) is 75.9 cm³/mol. The van der Waals surface area contributed by atoms with Gasteiger partial charge in [-0.15, -0.1) is 11.3 Å². The molecule has 2 rings (SSSR count). The van der Waals surface area contributed by atoms with E-state index in [-0.39, 0.29) is 5.69 Å². The van der Waals surface area contributed by atoms with E-state index in [2.05, 4.69) is 0 Å². The molecule has 0 N–H and O–H groups in total. The van der Waals surface area contributed by atoms with Gasteiger partial charge in [0.2, 0.25) is 0 Å². The summed E-state index contributed by atoms with van der Waals surface area (Å²) < 4.78 is 0.627. The van der Waals surface area contributed by atoms with Crippen LogP contribution in [-0.2, 0) is 0 Å². The molecule has 94 valence electrons. The van der Waals surface area contributed by atoms with Crippen LogP contribution < -0.4 is 0 Å². The number of allylic oxidation sites excluding steroid dienone is 1. The highest BCUT2D eigenvalue weighted by molar-refractivity contribution is 7.17. The summed E-state index contributed by atoms with van der Waals surface area (Å²) in [5, 5.41) is 19.9. The fourth-order valence-corrected chi connectivity index (χ4v) is 2.52. The number of nitrogens with zero attached hydrogens (tertiary/aromatic N) is 2. The molecule has 0 saturated carbocycles. The van der Waals surface area contributed by atoms with Crippen LogP contribution in [0.25, 0.3) is 11.6 Å². The number of nitro groups is 1. The van der Waals surface area contributed by atoms with Crippen molar-refractivity contribution in [3.05, 3.63) is 61.3 Å². The van der Waals surface area contributed by atoms with Crippen LogP contribution in [0.5, 0.6) is 0 Å². The van der Waals surface area contributed by atoms with Crippen molar-refractivity contribution in [1.82, 2.24) is 0 Å². The third-order valence-corrected chi connectivity index (χ3v) is 3.55. The summed E-state index contributed by atoms with van der Waals surface area (Å²) in [6, 6.07) is 11.6. The van der Waals surface area contributed by atoms with Crippen molar-refractivity contribution in [2.75, 3.05) is 0 Å². The fourth-order valence-electron chi connectivity index (χ4n) is 1.52. The van der Waals surface area contributed by atoms with Gasteiger partial charge in [-0.2, -0.15) is 5.26 Å². The van der Waals surface area contributed by atoms with E-state index in [1.165, 1.54) is 23.5 Å². The standard InChI is InChI=1S/C13H7ClN2O2S/c14-13-5-4-12(19-13)7-10(8-15)9-2-1-3-11(6-9)16(17)18/h1-7H. The summed E-state index contributed by atoms with van der Waals surface area (Å²) >= 11 is 7.16. The topological polar surface area (TPSA) is 66.9 Å². The molecule has 0 bridgehead atoms. The third kappa shape index (κ3) is 3.19. The number of halogens is 1. The molecule has 1 heterocycles. The zero-order chi connectivity index (χ0) is 13.8. The molecule has 0 aliphatic rings. The van der Waals surface area contributed by atoms with Gasteiger partial charge in [0.25, 0.3) is 5.69 Å². The lowest BCUT2D eigenvalue weighted by molar-refractivity contribution is -0.384. The highest BCUT2D eigenvalue weighted by atomic mass is 35.5. The number of benzene rings is 1. The molecule has 0 atom stereocenters. The van der Waals surface area contributed by atoms with Gasteiger partial charge in [0.05, 0.1) is 20.9 Å². The smallest absolute Gasteiger partial charge is 0.258 e. The fraction of sp³-hybridized carbons (Fsp3) is 0. The molecule has 6 heteroatoms. The number of hydrogen-bond acceptors (Lipinski definition) is 4. The van der Waals surface area contributed by atoms with Crippen molar-refractivity contribution in [2.24, 2.45) is 0 Å². The Balaban J connectivity index is 2.43. The molecule has 0 radical (unpaired) electrons. The zero-order valence-electron chi connectivity index (χ0n) is 9.54. The lowest BCUT2D eigenvalue weighted by Gasteiger charge is -1.98. The maximum absolute atomic E-state index is 10.7. The van der Waals surface area contributed by atoms with Gasteiger partial charge in [0.15, 0.2) is 0 Å². The van der Waals surface area contributed by atoms with Crippen LogP contribution in [0, 0.1) is 21.4 Å². The Morgan fingerprint density at radius 1 is 1.42 bits per heavy atom. The van der Waals surface area contributed by atoms with E-state index >= 15 is 0 Å². The van der Waals surface area contributed by atoms with Crippen LogP contribution in [0.15, 0.2) is 36.4 Å². The summed E-state index contributed by atoms with van der Waals surface area (Å²) in [4.78, 5) is 11.1. The van der Waals surface area contributed by atoms with Crippen molar-refractivity contribution in [3.63, 3.8) is 0 Å². The van der Waals surface area contributed by atoms with Gasteiger partial charge in [0, 0.05) is 17.0 Å². The number of nitriles is 1. The van der Waals surface area contributed by atoms with Crippen LogP contribution >= 0.6 is 22.9 Å². The molecule has 0 unspecified atom stereocenters. The van der Waals surface area contributed by atoms with Crippen LogP contribution in [0.1, 0.15) is 10.4 Å². The Kier molecular flexibility index (Phi) is 3.95. The van der Waals surface area contributed by atoms with Gasteiger partial charge in [-0.25, -0.2) is 0 Å². The molecule has 1 aromatic carbocycles. The highest BCUT2D eigenvalue weighted by Gasteiger charge is 2.09. The third-order valence-electron chi connectivity index (χ3n) is 2.37. The second-order valence-electron chi connectivity index (χ2n) is 3.62. The highest BCUT2D eigenvalue weighted by Crippen LogP contribution is 2.27. The SMILES string of the molecule is N#CC(=Cc1ccc(Cl)s1)c1cccc([N+](=O)[O-])c1. The van der Waals surface area contributed by atoms with Crippen LogP contribution in [0.3, 0.4) is 0 Å². The molecule has 4 nitrogen and oxygen atoms in total. The van der Waals surface area contributed by atoms with E-state index in [4.69, 9.17) is 16.9 Å². The van der Waals surface area contributed by atoms with E-state index in [0.717, 1.165) is 4.88 Å². The van der Waals surface area contributed by atoms with Crippen molar-refractivity contribution in [1.29, 1.82) is 5.26 Å². The quantitative estimate of drug-likeness (QED) is 0.479. The number of hydrogen-bond donors (Lipinski definition) is 0. The molecule has 0 aliphatic heterocycles. The van der Waals surface area contributed by atoms with Gasteiger partial charge >= 0.3 is 0 Å². The number of non-ortho nitro benzene ring substituents is 1. The summed E-state index contributed by atoms with van der Waals surface area (Å²) in [7, 11) is 0. The molecule has 19 heavy (non-hydrogen) atoms. The summed E-state index contributed by atoms with van der Waals surface area (Å²) in [6.07, 6.45) is 1.66. The maximum atomic E-state index is 10.7. The normalized spacial score (nSPS) is 11.1. The molecular formula is C13H7ClN2O2S. The summed E-state index contributed by atoms with van der Waals surface area (Å²) in [5.41, 5.74) is 0.839. The Labute approximate surface area is 118 Å². The molecule has 0 spiro atoms. The Morgan fingerprint density at radius 2 is 2.21 bits per heavy atom. The summed E-state index contributed by atoms with van der Waals surface area (Å²) in [6.45, 7) is 0. The number of nitro benzene ring substituents is 1. The second-order valence-corrected chi connectivity index (χ2v) is 5.37. The maximum Gasteiger partial charge on any atom is 0.270 e. The first-order chi connectivity index (χ1) is 9.10. The monoisotopic (exact) mass is 290 g/mol. The van der Waals surface area contributed by atoms with Crippen molar-refractivity contribution < 1.29 is 4.92 Å². The molecule has 0 amide bonds. The number of rotatable bonds is 3. The van der Waals surface area contributed by atoms with Crippen LogP contribution in [0.2, 0.25) is 4.34 Å². The second kappa shape index (κ2) is 5.65. The van der Waals surface area contributed by atoms with Gasteiger partial charge in [-0.3, -0.25) is 10.1 Å². The van der Waals surface area contributed by atoms with E-state index in [1.54, 1.807) is 30.3 Å². The molecule has 0 fully saturated rings. The van der Waals surface area contributed by atoms with Crippen molar-refractivity contribution in [3.8, 4) is 6.07 Å². The first kappa shape index (κ1) is 13.3. The molecule has 0 aliphatic carbocycles. The van der Waals surface area contributed by atoms with E-state index < -0.39 is 4.92 Å². The molecule has 1 aromatic heterocycles. The average molecular weight is 291 g/mol. The van der Waals surface area contributed by atoms with Crippen molar-refractivity contribution in [2.45, 2.75) is 0 Å².